The minimum Gasteiger partial charge on any atom is -0.347 e. The number of rotatable bonds is 5. The van der Waals surface area contributed by atoms with Gasteiger partial charge in [0.1, 0.15) is 0 Å². The summed E-state index contributed by atoms with van der Waals surface area (Å²) in [7, 11) is 0. The molecule has 0 aliphatic heterocycles. The zero-order valence-electron chi connectivity index (χ0n) is 10.9. The molecular formula is C14H22N2O. The molecular weight excluding hydrogens is 212 g/mol. The third-order valence-electron chi connectivity index (χ3n) is 3.01. The van der Waals surface area contributed by atoms with Crippen LogP contribution in [0.15, 0.2) is 24.3 Å². The number of carbonyl (C=O) groups excluding carboxylic acids is 1. The van der Waals surface area contributed by atoms with E-state index in [9.17, 15) is 4.79 Å². The predicted molar refractivity (Wildman–Crippen MR) is 71.0 cm³/mol. The largest absolute Gasteiger partial charge is 0.347 e. The van der Waals surface area contributed by atoms with Crippen LogP contribution in [0.3, 0.4) is 0 Å². The van der Waals surface area contributed by atoms with Gasteiger partial charge in [0.15, 0.2) is 0 Å². The zero-order chi connectivity index (χ0) is 12.9. The maximum atomic E-state index is 12.2. The van der Waals surface area contributed by atoms with E-state index < -0.39 is 0 Å². The lowest BCUT2D eigenvalue weighted by Crippen LogP contribution is -2.43. The quantitative estimate of drug-likeness (QED) is 0.819. The second kappa shape index (κ2) is 5.82. The van der Waals surface area contributed by atoms with Gasteiger partial charge in [0, 0.05) is 11.1 Å². The van der Waals surface area contributed by atoms with E-state index in [1.54, 1.807) is 0 Å². The van der Waals surface area contributed by atoms with Gasteiger partial charge in [0.25, 0.3) is 5.91 Å². The Bertz CT molecular complexity index is 386. The molecule has 0 aromatic heterocycles. The van der Waals surface area contributed by atoms with Gasteiger partial charge in [-0.05, 0) is 44.9 Å². The van der Waals surface area contributed by atoms with Crippen molar-refractivity contribution in [2.45, 2.75) is 39.2 Å². The van der Waals surface area contributed by atoms with Crippen molar-refractivity contribution in [1.29, 1.82) is 0 Å². The molecule has 1 rings (SSSR count). The molecule has 0 unspecified atom stereocenters. The van der Waals surface area contributed by atoms with E-state index in [-0.39, 0.29) is 11.4 Å². The second-order valence-electron chi connectivity index (χ2n) is 4.89. The molecule has 1 amide bonds. The van der Waals surface area contributed by atoms with E-state index in [0.29, 0.717) is 6.54 Å². The normalized spacial score (nSPS) is 11.3. The molecule has 0 bridgehead atoms. The minimum atomic E-state index is -0.174. The summed E-state index contributed by atoms with van der Waals surface area (Å²) in [5, 5.41) is 3.04. The summed E-state index contributed by atoms with van der Waals surface area (Å²) in [6.07, 6.45) is 1.63. The highest BCUT2D eigenvalue weighted by Crippen LogP contribution is 2.13. The molecule has 3 heteroatoms. The minimum absolute atomic E-state index is 0.0131. The smallest absolute Gasteiger partial charge is 0.251 e. The Balaban J connectivity index is 2.88. The van der Waals surface area contributed by atoms with E-state index in [1.807, 2.05) is 38.1 Å². The summed E-state index contributed by atoms with van der Waals surface area (Å²) in [5.41, 5.74) is 7.13. The molecule has 0 saturated carbocycles. The molecule has 94 valence electrons. The maximum Gasteiger partial charge on any atom is 0.251 e. The molecule has 17 heavy (non-hydrogen) atoms. The van der Waals surface area contributed by atoms with Gasteiger partial charge >= 0.3 is 0 Å². The molecule has 0 spiro atoms. The average Bonchev–Trinajstić information content (AvgIpc) is 2.29. The molecule has 1 aromatic carbocycles. The zero-order valence-corrected chi connectivity index (χ0v) is 10.9. The number of hydrogen-bond donors (Lipinski definition) is 2. The number of amides is 1. The van der Waals surface area contributed by atoms with Gasteiger partial charge in [-0.2, -0.15) is 0 Å². The van der Waals surface area contributed by atoms with Gasteiger partial charge in [0.05, 0.1) is 0 Å². The van der Waals surface area contributed by atoms with Gasteiger partial charge < -0.3 is 11.1 Å². The molecule has 0 aliphatic rings. The molecule has 0 radical (unpaired) electrons. The van der Waals surface area contributed by atoms with Crippen LogP contribution in [-0.4, -0.2) is 18.0 Å². The lowest BCUT2D eigenvalue weighted by molar-refractivity contribution is 0.0910. The molecule has 1 aromatic rings. The Kier molecular flexibility index (Phi) is 4.70. The second-order valence-corrected chi connectivity index (χ2v) is 4.89. The van der Waals surface area contributed by atoms with Crippen LogP contribution in [0.1, 0.15) is 43.1 Å². The van der Waals surface area contributed by atoms with Crippen LogP contribution in [0.4, 0.5) is 0 Å². The SMILES string of the molecule is CCC(C)(C)NC(=O)c1ccccc1CCN. The van der Waals surface area contributed by atoms with Crippen LogP contribution in [-0.2, 0) is 6.42 Å². The third-order valence-corrected chi connectivity index (χ3v) is 3.01. The Morgan fingerprint density at radius 2 is 2.00 bits per heavy atom. The van der Waals surface area contributed by atoms with E-state index >= 15 is 0 Å². The van der Waals surface area contributed by atoms with Crippen molar-refractivity contribution in [1.82, 2.24) is 5.32 Å². The fraction of sp³-hybridized carbons (Fsp3) is 0.500. The Morgan fingerprint density at radius 1 is 1.35 bits per heavy atom. The number of hydrogen-bond acceptors (Lipinski definition) is 2. The summed E-state index contributed by atoms with van der Waals surface area (Å²) in [5.74, 6) is -0.0131. The summed E-state index contributed by atoms with van der Waals surface area (Å²) >= 11 is 0. The van der Waals surface area contributed by atoms with Crippen molar-refractivity contribution >= 4 is 5.91 Å². The third kappa shape index (κ3) is 3.86. The average molecular weight is 234 g/mol. The Labute approximate surface area is 103 Å². The van der Waals surface area contributed by atoms with Crippen molar-refractivity contribution in [2.24, 2.45) is 5.73 Å². The van der Waals surface area contributed by atoms with Gasteiger partial charge in [-0.3, -0.25) is 4.79 Å². The molecule has 0 heterocycles. The number of carbonyl (C=O) groups is 1. The lowest BCUT2D eigenvalue weighted by Gasteiger charge is -2.25. The number of nitrogens with two attached hydrogens (primary N) is 1. The molecule has 0 saturated heterocycles. The van der Waals surface area contributed by atoms with Crippen LogP contribution in [0, 0.1) is 0 Å². The van der Waals surface area contributed by atoms with Gasteiger partial charge in [-0.25, -0.2) is 0 Å². The van der Waals surface area contributed by atoms with E-state index in [2.05, 4.69) is 12.2 Å². The number of benzene rings is 1. The van der Waals surface area contributed by atoms with Crippen LogP contribution < -0.4 is 11.1 Å². The monoisotopic (exact) mass is 234 g/mol. The fourth-order valence-electron chi connectivity index (χ4n) is 1.58. The molecule has 0 aliphatic carbocycles. The van der Waals surface area contributed by atoms with E-state index in [0.717, 1.165) is 24.0 Å². The summed E-state index contributed by atoms with van der Waals surface area (Å²) in [4.78, 5) is 12.2. The first-order valence-corrected chi connectivity index (χ1v) is 6.10. The lowest BCUT2D eigenvalue weighted by atomic mass is 9.99. The van der Waals surface area contributed by atoms with Crippen LogP contribution in [0.5, 0.6) is 0 Å². The molecule has 0 atom stereocenters. The van der Waals surface area contributed by atoms with Crippen molar-refractivity contribution in [2.75, 3.05) is 6.54 Å². The highest BCUT2D eigenvalue weighted by molar-refractivity contribution is 5.96. The van der Waals surface area contributed by atoms with Crippen molar-refractivity contribution in [3.8, 4) is 0 Å². The fourth-order valence-corrected chi connectivity index (χ4v) is 1.58. The Hall–Kier alpha value is -1.35. The van der Waals surface area contributed by atoms with E-state index in [4.69, 9.17) is 5.73 Å². The number of nitrogens with one attached hydrogen (secondary N) is 1. The van der Waals surface area contributed by atoms with Crippen LogP contribution >= 0.6 is 0 Å². The van der Waals surface area contributed by atoms with Crippen LogP contribution in [0.2, 0.25) is 0 Å². The molecule has 3 nitrogen and oxygen atoms in total. The highest BCUT2D eigenvalue weighted by atomic mass is 16.1. The van der Waals surface area contributed by atoms with Crippen molar-refractivity contribution < 1.29 is 4.79 Å². The van der Waals surface area contributed by atoms with E-state index in [1.165, 1.54) is 0 Å². The van der Waals surface area contributed by atoms with Crippen molar-refractivity contribution in [3.63, 3.8) is 0 Å². The topological polar surface area (TPSA) is 55.1 Å². The summed E-state index contributed by atoms with van der Waals surface area (Å²) in [6, 6.07) is 7.63. The standard InChI is InChI=1S/C14H22N2O/c1-4-14(2,3)16-13(17)12-8-6-5-7-11(12)9-10-15/h5-8H,4,9-10,15H2,1-3H3,(H,16,17). The first-order valence-electron chi connectivity index (χ1n) is 6.10. The highest BCUT2D eigenvalue weighted by Gasteiger charge is 2.20. The molecule has 0 fully saturated rings. The summed E-state index contributed by atoms with van der Waals surface area (Å²) < 4.78 is 0. The first kappa shape index (κ1) is 13.7. The van der Waals surface area contributed by atoms with Gasteiger partial charge in [0.2, 0.25) is 0 Å². The van der Waals surface area contributed by atoms with Crippen LogP contribution in [0.25, 0.3) is 0 Å². The Morgan fingerprint density at radius 3 is 2.59 bits per heavy atom. The van der Waals surface area contributed by atoms with Gasteiger partial charge in [-0.1, -0.05) is 25.1 Å². The summed E-state index contributed by atoms with van der Waals surface area (Å²) in [6.45, 7) is 6.67. The molecule has 3 N–H and O–H groups in total. The van der Waals surface area contributed by atoms with Gasteiger partial charge in [-0.15, -0.1) is 0 Å². The first-order chi connectivity index (χ1) is 8.00. The predicted octanol–water partition coefficient (Wildman–Crippen LogP) is 2.11. The van der Waals surface area contributed by atoms with Crippen molar-refractivity contribution in [3.05, 3.63) is 35.4 Å². The maximum absolute atomic E-state index is 12.2.